The Balaban J connectivity index is 1.89. The van der Waals surface area contributed by atoms with Crippen LogP contribution >= 0.6 is 34.9 Å². The zero-order valence-corrected chi connectivity index (χ0v) is 16.5. The van der Waals surface area contributed by atoms with E-state index in [9.17, 15) is 4.79 Å². The molecule has 2 rings (SSSR count). The molecule has 0 aliphatic carbocycles. The van der Waals surface area contributed by atoms with E-state index in [4.69, 9.17) is 4.74 Å². The van der Waals surface area contributed by atoms with E-state index in [2.05, 4.69) is 39.2 Å². The number of allylic oxidation sites excluding steroid dienone is 1. The molecule has 0 aliphatic rings. The number of anilines is 1. The zero-order chi connectivity index (χ0) is 18.1. The first-order valence-corrected chi connectivity index (χ1v) is 10.4. The second kappa shape index (κ2) is 10.5. The van der Waals surface area contributed by atoms with Crippen molar-refractivity contribution in [3.05, 3.63) is 18.5 Å². The summed E-state index contributed by atoms with van der Waals surface area (Å²) in [5.74, 6) is 1.74. The van der Waals surface area contributed by atoms with Crippen molar-refractivity contribution >= 4 is 45.9 Å². The summed E-state index contributed by atoms with van der Waals surface area (Å²) in [6.45, 7) is 6.76. The molecule has 11 heteroatoms. The van der Waals surface area contributed by atoms with E-state index >= 15 is 0 Å². The Morgan fingerprint density at radius 2 is 2.20 bits per heavy atom. The van der Waals surface area contributed by atoms with E-state index in [0.29, 0.717) is 29.3 Å². The van der Waals surface area contributed by atoms with Crippen LogP contribution in [0.3, 0.4) is 0 Å². The fraction of sp³-hybridized carbons (Fsp3) is 0.500. The highest BCUT2D eigenvalue weighted by Gasteiger charge is 2.14. The highest BCUT2D eigenvalue weighted by molar-refractivity contribution is 8.01. The maximum atomic E-state index is 12.1. The predicted octanol–water partition coefficient (Wildman–Crippen LogP) is 2.69. The van der Waals surface area contributed by atoms with Gasteiger partial charge in [-0.25, -0.2) is 0 Å². The Labute approximate surface area is 158 Å². The lowest BCUT2D eigenvalue weighted by Gasteiger charge is -2.06. The predicted molar refractivity (Wildman–Crippen MR) is 101 cm³/mol. The molecular weight excluding hydrogens is 380 g/mol. The number of nitrogens with zero attached hydrogens (tertiary/aromatic N) is 5. The summed E-state index contributed by atoms with van der Waals surface area (Å²) in [7, 11) is 1.60. The van der Waals surface area contributed by atoms with Gasteiger partial charge in [-0.2, -0.15) is 0 Å². The molecule has 1 amide bonds. The molecule has 2 heterocycles. The molecule has 0 saturated carbocycles. The fourth-order valence-electron chi connectivity index (χ4n) is 1.77. The van der Waals surface area contributed by atoms with E-state index in [1.807, 2.05) is 4.57 Å². The van der Waals surface area contributed by atoms with Crippen molar-refractivity contribution in [1.29, 1.82) is 0 Å². The van der Waals surface area contributed by atoms with Gasteiger partial charge in [-0.1, -0.05) is 47.9 Å². The molecule has 0 bridgehead atoms. The van der Waals surface area contributed by atoms with Crippen LogP contribution in [0.25, 0.3) is 0 Å². The SMILES string of the molecule is C=CCn1c(COC)nnc1SCC(=O)Nc1nnc(SCCC)s1. The third-order valence-electron chi connectivity index (χ3n) is 2.79. The molecule has 0 unspecified atom stereocenters. The molecule has 0 aliphatic heterocycles. The Morgan fingerprint density at radius 3 is 2.92 bits per heavy atom. The standard InChI is InChI=1S/C14H20N6O2S3/c1-4-6-20-10(8-22-3)16-18-13(20)24-9-11(21)15-12-17-19-14(25-12)23-7-5-2/h4H,1,5-9H2,2-3H3,(H,15,17,21). The van der Waals surface area contributed by atoms with Gasteiger partial charge < -0.3 is 9.30 Å². The molecule has 0 radical (unpaired) electrons. The Kier molecular flexibility index (Phi) is 8.38. The van der Waals surface area contributed by atoms with E-state index in [1.54, 1.807) is 24.9 Å². The molecule has 8 nitrogen and oxygen atoms in total. The average molecular weight is 401 g/mol. The number of rotatable bonds is 11. The minimum Gasteiger partial charge on any atom is -0.377 e. The summed E-state index contributed by atoms with van der Waals surface area (Å²) in [5.41, 5.74) is 0. The minimum atomic E-state index is -0.158. The van der Waals surface area contributed by atoms with Crippen molar-refractivity contribution in [3.63, 3.8) is 0 Å². The van der Waals surface area contributed by atoms with Gasteiger partial charge in [-0.05, 0) is 6.42 Å². The van der Waals surface area contributed by atoms with Crippen LogP contribution in [0.5, 0.6) is 0 Å². The number of methoxy groups -OCH3 is 1. The van der Waals surface area contributed by atoms with Crippen LogP contribution in [0.15, 0.2) is 22.2 Å². The number of nitrogens with one attached hydrogen (secondary N) is 1. The second-order valence-corrected chi connectivity index (χ2v) is 8.05. The number of hydrogen-bond acceptors (Lipinski definition) is 9. The van der Waals surface area contributed by atoms with Crippen LogP contribution < -0.4 is 5.32 Å². The summed E-state index contributed by atoms with van der Waals surface area (Å²) in [6, 6.07) is 0. The van der Waals surface area contributed by atoms with Gasteiger partial charge in [0.1, 0.15) is 6.61 Å². The van der Waals surface area contributed by atoms with E-state index in [-0.39, 0.29) is 11.7 Å². The Bertz CT molecular complexity index is 703. The third-order valence-corrected chi connectivity index (χ3v) is 5.94. The van der Waals surface area contributed by atoms with Crippen molar-refractivity contribution < 1.29 is 9.53 Å². The first-order valence-electron chi connectivity index (χ1n) is 7.58. The lowest BCUT2D eigenvalue weighted by molar-refractivity contribution is -0.113. The smallest absolute Gasteiger partial charge is 0.236 e. The van der Waals surface area contributed by atoms with Gasteiger partial charge >= 0.3 is 0 Å². The van der Waals surface area contributed by atoms with Gasteiger partial charge in [0.25, 0.3) is 0 Å². The van der Waals surface area contributed by atoms with Crippen molar-refractivity contribution in [2.24, 2.45) is 0 Å². The minimum absolute atomic E-state index is 0.158. The highest BCUT2D eigenvalue weighted by atomic mass is 32.2. The number of ether oxygens (including phenoxy) is 1. The highest BCUT2D eigenvalue weighted by Crippen LogP contribution is 2.26. The number of aromatic nitrogens is 5. The van der Waals surface area contributed by atoms with Crippen LogP contribution in [0.4, 0.5) is 5.13 Å². The van der Waals surface area contributed by atoms with Gasteiger partial charge in [0.15, 0.2) is 15.3 Å². The Hall–Kier alpha value is -1.43. The summed E-state index contributed by atoms with van der Waals surface area (Å²) < 4.78 is 7.84. The molecule has 1 N–H and O–H groups in total. The van der Waals surface area contributed by atoms with Crippen molar-refractivity contribution in [3.8, 4) is 0 Å². The molecule has 0 spiro atoms. The number of carbonyl (C=O) groups excluding carboxylic acids is 1. The number of carbonyl (C=O) groups is 1. The van der Waals surface area contributed by atoms with Gasteiger partial charge in [-0.15, -0.1) is 27.0 Å². The fourth-order valence-corrected chi connectivity index (χ4v) is 4.23. The molecule has 0 fully saturated rings. The quantitative estimate of drug-likeness (QED) is 0.349. The van der Waals surface area contributed by atoms with Gasteiger partial charge in [-0.3, -0.25) is 10.1 Å². The summed E-state index contributed by atoms with van der Waals surface area (Å²) >= 11 is 4.33. The van der Waals surface area contributed by atoms with Crippen LogP contribution in [0.1, 0.15) is 19.2 Å². The normalized spacial score (nSPS) is 10.8. The average Bonchev–Trinajstić information content (AvgIpc) is 3.19. The van der Waals surface area contributed by atoms with Crippen molar-refractivity contribution in [2.75, 3.05) is 23.9 Å². The van der Waals surface area contributed by atoms with Gasteiger partial charge in [0.2, 0.25) is 11.0 Å². The third kappa shape index (κ3) is 6.10. The largest absolute Gasteiger partial charge is 0.377 e. The van der Waals surface area contributed by atoms with Gasteiger partial charge in [0, 0.05) is 19.4 Å². The van der Waals surface area contributed by atoms with E-state index < -0.39 is 0 Å². The second-order valence-electron chi connectivity index (χ2n) is 4.79. The van der Waals surface area contributed by atoms with E-state index in [1.165, 1.54) is 23.1 Å². The lowest BCUT2D eigenvalue weighted by Crippen LogP contribution is -2.14. The van der Waals surface area contributed by atoms with Crippen LogP contribution in [0, 0.1) is 0 Å². The molecule has 2 aromatic heterocycles. The van der Waals surface area contributed by atoms with Crippen LogP contribution in [0.2, 0.25) is 0 Å². The zero-order valence-electron chi connectivity index (χ0n) is 14.1. The van der Waals surface area contributed by atoms with Crippen LogP contribution in [-0.2, 0) is 22.7 Å². The monoisotopic (exact) mass is 400 g/mol. The van der Waals surface area contributed by atoms with Crippen molar-refractivity contribution in [2.45, 2.75) is 36.0 Å². The summed E-state index contributed by atoms with van der Waals surface area (Å²) in [4.78, 5) is 12.1. The first kappa shape index (κ1) is 19.9. The first-order chi connectivity index (χ1) is 12.2. The molecule has 0 atom stereocenters. The van der Waals surface area contributed by atoms with E-state index in [0.717, 1.165) is 16.5 Å². The maximum absolute atomic E-state index is 12.1. The molecule has 136 valence electrons. The summed E-state index contributed by atoms with van der Waals surface area (Å²) in [6.07, 6.45) is 2.82. The maximum Gasteiger partial charge on any atom is 0.236 e. The number of amides is 1. The molecule has 0 saturated heterocycles. The topological polar surface area (TPSA) is 94.8 Å². The molecular formula is C14H20N6O2S3. The Morgan fingerprint density at radius 1 is 1.36 bits per heavy atom. The van der Waals surface area contributed by atoms with Crippen LogP contribution in [-0.4, -0.2) is 49.5 Å². The number of thioether (sulfide) groups is 2. The van der Waals surface area contributed by atoms with Gasteiger partial charge in [0.05, 0.1) is 5.75 Å². The lowest BCUT2D eigenvalue weighted by atomic mass is 10.5. The number of hydrogen-bond donors (Lipinski definition) is 1. The molecule has 25 heavy (non-hydrogen) atoms. The van der Waals surface area contributed by atoms with Crippen molar-refractivity contribution in [1.82, 2.24) is 25.0 Å². The molecule has 0 aromatic carbocycles. The molecule has 2 aromatic rings. The summed E-state index contributed by atoms with van der Waals surface area (Å²) in [5, 5.41) is 20.1.